The third kappa shape index (κ3) is 3.83. The number of sulfonamides is 1. The molecule has 3 aromatic rings. The molecule has 0 atom stereocenters. The number of halogens is 2. The highest BCUT2D eigenvalue weighted by atomic mass is 35.5. The number of aromatic nitrogens is 1. The fourth-order valence-electron chi connectivity index (χ4n) is 2.77. The molecule has 1 aromatic heterocycles. The summed E-state index contributed by atoms with van der Waals surface area (Å²) in [5.74, 6) is 0.958. The van der Waals surface area contributed by atoms with Gasteiger partial charge in [-0.3, -0.25) is 4.31 Å². The van der Waals surface area contributed by atoms with Crippen molar-refractivity contribution in [3.8, 4) is 5.75 Å². The zero-order chi connectivity index (χ0) is 20.5. The van der Waals surface area contributed by atoms with E-state index < -0.39 is 10.0 Å². The minimum atomic E-state index is -3.99. The van der Waals surface area contributed by atoms with Gasteiger partial charge in [-0.25, -0.2) is 8.42 Å². The molecule has 0 saturated carbocycles. The molecule has 0 spiro atoms. The van der Waals surface area contributed by atoms with Gasteiger partial charge in [0.15, 0.2) is 0 Å². The Balaban J connectivity index is 2.19. The van der Waals surface area contributed by atoms with Crippen LogP contribution < -0.4 is 9.04 Å². The highest BCUT2D eigenvalue weighted by Gasteiger charge is 2.30. The van der Waals surface area contributed by atoms with Crippen molar-refractivity contribution in [2.45, 2.75) is 25.3 Å². The van der Waals surface area contributed by atoms with Crippen LogP contribution in [0.4, 0.5) is 5.69 Å². The minimum Gasteiger partial charge on any atom is -0.495 e. The van der Waals surface area contributed by atoms with Crippen molar-refractivity contribution in [2.75, 3.05) is 11.4 Å². The third-order valence-corrected chi connectivity index (χ3v) is 6.81. The van der Waals surface area contributed by atoms with Crippen molar-refractivity contribution in [3.63, 3.8) is 0 Å². The summed E-state index contributed by atoms with van der Waals surface area (Å²) >= 11 is 12.0. The lowest BCUT2D eigenvalue weighted by Gasteiger charge is -2.26. The molecule has 0 aliphatic rings. The smallest absolute Gasteiger partial charge is 0.264 e. The van der Waals surface area contributed by atoms with Crippen LogP contribution in [0.1, 0.15) is 17.0 Å². The van der Waals surface area contributed by atoms with Crippen LogP contribution in [0.25, 0.3) is 0 Å². The van der Waals surface area contributed by atoms with E-state index >= 15 is 0 Å². The second-order valence-electron chi connectivity index (χ2n) is 6.06. The highest BCUT2D eigenvalue weighted by Crippen LogP contribution is 2.35. The first-order chi connectivity index (χ1) is 13.3. The van der Waals surface area contributed by atoms with Crippen LogP contribution in [0, 0.1) is 13.8 Å². The number of hydrogen-bond acceptors (Lipinski definition) is 5. The van der Waals surface area contributed by atoms with Crippen LogP contribution in [-0.2, 0) is 16.6 Å². The molecular formula is C19H18Cl2N2O4S. The van der Waals surface area contributed by atoms with Gasteiger partial charge in [0.05, 0.1) is 40.0 Å². The van der Waals surface area contributed by atoms with Crippen LogP contribution in [0.15, 0.2) is 51.9 Å². The second-order valence-corrected chi connectivity index (χ2v) is 8.74. The van der Waals surface area contributed by atoms with E-state index in [4.69, 9.17) is 32.5 Å². The van der Waals surface area contributed by atoms with Gasteiger partial charge in [-0.2, -0.15) is 0 Å². The standard InChI is InChI=1S/C19H18Cl2N2O4S/c1-12-15(13(2)27-22-12)11-23(18-6-4-5-7-19(18)26-3)28(24,25)14-8-9-16(20)17(21)10-14/h4-10H,11H2,1-3H3. The Kier molecular flexibility index (Phi) is 5.88. The normalized spacial score (nSPS) is 11.5. The topological polar surface area (TPSA) is 72.6 Å². The molecule has 28 heavy (non-hydrogen) atoms. The lowest BCUT2D eigenvalue weighted by atomic mass is 10.2. The molecule has 0 amide bonds. The molecule has 0 N–H and O–H groups in total. The number of methoxy groups -OCH3 is 1. The molecular weight excluding hydrogens is 423 g/mol. The molecule has 0 fully saturated rings. The summed E-state index contributed by atoms with van der Waals surface area (Å²) in [6.07, 6.45) is 0. The SMILES string of the molecule is COc1ccccc1N(Cc1c(C)noc1C)S(=O)(=O)c1ccc(Cl)c(Cl)c1. The lowest BCUT2D eigenvalue weighted by molar-refractivity contribution is 0.392. The highest BCUT2D eigenvalue weighted by molar-refractivity contribution is 7.92. The number of anilines is 1. The number of hydrogen-bond donors (Lipinski definition) is 0. The van der Waals surface area contributed by atoms with Crippen molar-refractivity contribution < 1.29 is 17.7 Å². The summed E-state index contributed by atoms with van der Waals surface area (Å²) in [5, 5.41) is 4.35. The molecule has 0 bridgehead atoms. The predicted molar refractivity (Wildman–Crippen MR) is 109 cm³/mol. The molecule has 148 valence electrons. The van der Waals surface area contributed by atoms with Crippen molar-refractivity contribution in [1.29, 1.82) is 0 Å². The average Bonchev–Trinajstić information content (AvgIpc) is 2.99. The Hall–Kier alpha value is -2.22. The fourth-order valence-corrected chi connectivity index (χ4v) is 4.60. The molecule has 9 heteroatoms. The quantitative estimate of drug-likeness (QED) is 0.538. The van der Waals surface area contributed by atoms with E-state index in [2.05, 4.69) is 5.16 Å². The van der Waals surface area contributed by atoms with Crippen LogP contribution in [0.3, 0.4) is 0 Å². The van der Waals surface area contributed by atoms with Gasteiger partial charge in [0.2, 0.25) is 0 Å². The number of nitrogens with zero attached hydrogens (tertiary/aromatic N) is 2. The average molecular weight is 441 g/mol. The van der Waals surface area contributed by atoms with Crippen LogP contribution >= 0.6 is 23.2 Å². The van der Waals surface area contributed by atoms with E-state index in [1.165, 1.54) is 29.6 Å². The maximum atomic E-state index is 13.5. The number of ether oxygens (including phenoxy) is 1. The van der Waals surface area contributed by atoms with Crippen molar-refractivity contribution in [1.82, 2.24) is 5.16 Å². The first kappa shape index (κ1) is 20.5. The fraction of sp³-hybridized carbons (Fsp3) is 0.211. The summed E-state index contributed by atoms with van der Waals surface area (Å²) in [6, 6.07) is 11.1. The largest absolute Gasteiger partial charge is 0.495 e. The first-order valence-corrected chi connectivity index (χ1v) is 10.5. The molecule has 3 rings (SSSR count). The number of aryl methyl sites for hydroxylation is 2. The Morgan fingerprint density at radius 1 is 1.11 bits per heavy atom. The molecule has 0 aliphatic heterocycles. The van der Waals surface area contributed by atoms with E-state index in [1.54, 1.807) is 38.1 Å². The molecule has 6 nitrogen and oxygen atoms in total. The molecule has 2 aromatic carbocycles. The Morgan fingerprint density at radius 2 is 1.82 bits per heavy atom. The van der Waals surface area contributed by atoms with E-state index in [9.17, 15) is 8.42 Å². The van der Waals surface area contributed by atoms with Gasteiger partial charge in [-0.15, -0.1) is 0 Å². The number of benzene rings is 2. The molecule has 0 saturated heterocycles. The van der Waals surface area contributed by atoms with E-state index in [0.717, 1.165) is 0 Å². The van der Waals surface area contributed by atoms with Gasteiger partial charge in [0.1, 0.15) is 11.5 Å². The summed E-state index contributed by atoms with van der Waals surface area (Å²) in [6.45, 7) is 3.52. The Bertz CT molecular complexity index is 1090. The third-order valence-electron chi connectivity index (χ3n) is 4.32. The predicted octanol–water partition coefficient (Wildman–Crippen LogP) is 5.00. The van der Waals surface area contributed by atoms with E-state index in [1.807, 2.05) is 0 Å². The van der Waals surface area contributed by atoms with Gasteiger partial charge in [-0.05, 0) is 44.2 Å². The van der Waals surface area contributed by atoms with Crippen LogP contribution in [-0.4, -0.2) is 20.7 Å². The molecule has 0 radical (unpaired) electrons. The van der Waals surface area contributed by atoms with Gasteiger partial charge < -0.3 is 9.26 Å². The van der Waals surface area contributed by atoms with E-state index in [-0.39, 0.29) is 21.5 Å². The first-order valence-electron chi connectivity index (χ1n) is 8.28. The number of rotatable bonds is 6. The van der Waals surface area contributed by atoms with Gasteiger partial charge in [-0.1, -0.05) is 40.5 Å². The van der Waals surface area contributed by atoms with Crippen LogP contribution in [0.2, 0.25) is 10.0 Å². The van der Waals surface area contributed by atoms with Crippen LogP contribution in [0.5, 0.6) is 5.75 Å². The second kappa shape index (κ2) is 8.03. The summed E-state index contributed by atoms with van der Waals surface area (Å²) in [7, 11) is -2.51. The van der Waals surface area contributed by atoms with Crippen molar-refractivity contribution in [3.05, 3.63) is 69.5 Å². The molecule has 0 aliphatic carbocycles. The summed E-state index contributed by atoms with van der Waals surface area (Å²) in [5.41, 5.74) is 1.67. The van der Waals surface area contributed by atoms with Crippen molar-refractivity contribution >= 4 is 38.9 Å². The van der Waals surface area contributed by atoms with Crippen molar-refractivity contribution in [2.24, 2.45) is 0 Å². The maximum Gasteiger partial charge on any atom is 0.264 e. The monoisotopic (exact) mass is 440 g/mol. The van der Waals surface area contributed by atoms with E-state index in [0.29, 0.717) is 28.5 Å². The zero-order valence-corrected chi connectivity index (χ0v) is 17.8. The minimum absolute atomic E-state index is 0.0135. The summed E-state index contributed by atoms with van der Waals surface area (Å²) < 4.78 is 38.9. The zero-order valence-electron chi connectivity index (χ0n) is 15.4. The van der Waals surface area contributed by atoms with Gasteiger partial charge >= 0.3 is 0 Å². The number of para-hydroxylation sites is 2. The van der Waals surface area contributed by atoms with Gasteiger partial charge in [0.25, 0.3) is 10.0 Å². The molecule has 1 heterocycles. The maximum absolute atomic E-state index is 13.5. The Morgan fingerprint density at radius 3 is 2.43 bits per heavy atom. The summed E-state index contributed by atoms with van der Waals surface area (Å²) in [4.78, 5) is 0.0135. The Labute approximate surface area is 173 Å². The molecule has 0 unspecified atom stereocenters. The van der Waals surface area contributed by atoms with Gasteiger partial charge in [0, 0.05) is 5.56 Å². The lowest BCUT2D eigenvalue weighted by Crippen LogP contribution is -2.31.